The molecule has 0 saturated carbocycles. The van der Waals surface area contributed by atoms with Crippen LogP contribution in [0, 0.1) is 0 Å². The van der Waals surface area contributed by atoms with E-state index in [1.54, 1.807) is 32.4 Å². The summed E-state index contributed by atoms with van der Waals surface area (Å²) in [5.74, 6) is 1.75. The molecule has 0 heterocycles. The molecule has 0 unspecified atom stereocenters. The van der Waals surface area contributed by atoms with E-state index in [0.29, 0.717) is 23.6 Å². The standard InChI is InChI=1S/C19H23NO4/c1-13(2)24-16-7-5-6-14(8-16)12-20-19(21)15-9-17(22-3)11-18(10-15)23-4/h5-11,13H,12H2,1-4H3,(H,20,21). The van der Waals surface area contributed by atoms with E-state index in [4.69, 9.17) is 14.2 Å². The lowest BCUT2D eigenvalue weighted by molar-refractivity contribution is 0.0950. The van der Waals surface area contributed by atoms with Crippen LogP contribution in [0.4, 0.5) is 0 Å². The van der Waals surface area contributed by atoms with Gasteiger partial charge in [-0.05, 0) is 43.7 Å². The summed E-state index contributed by atoms with van der Waals surface area (Å²) in [5.41, 5.74) is 1.46. The Bertz CT molecular complexity index is 675. The summed E-state index contributed by atoms with van der Waals surface area (Å²) in [6.45, 7) is 4.36. The first-order valence-electron chi connectivity index (χ1n) is 7.78. The fraction of sp³-hybridized carbons (Fsp3) is 0.316. The van der Waals surface area contributed by atoms with Gasteiger partial charge in [-0.3, -0.25) is 4.79 Å². The molecule has 1 N–H and O–H groups in total. The highest BCUT2D eigenvalue weighted by Crippen LogP contribution is 2.22. The number of benzene rings is 2. The van der Waals surface area contributed by atoms with Crippen molar-refractivity contribution < 1.29 is 19.0 Å². The van der Waals surface area contributed by atoms with Crippen molar-refractivity contribution in [2.24, 2.45) is 0 Å². The average molecular weight is 329 g/mol. The van der Waals surface area contributed by atoms with Gasteiger partial charge in [0.2, 0.25) is 0 Å². The fourth-order valence-electron chi connectivity index (χ4n) is 2.22. The number of nitrogens with one attached hydrogen (secondary N) is 1. The zero-order valence-corrected chi connectivity index (χ0v) is 14.5. The third kappa shape index (κ3) is 4.91. The largest absolute Gasteiger partial charge is 0.497 e. The number of hydrogen-bond acceptors (Lipinski definition) is 4. The number of hydrogen-bond donors (Lipinski definition) is 1. The number of carbonyl (C=O) groups excluding carboxylic acids is 1. The van der Waals surface area contributed by atoms with Crippen molar-refractivity contribution >= 4 is 5.91 Å². The lowest BCUT2D eigenvalue weighted by atomic mass is 10.1. The Balaban J connectivity index is 2.05. The fourth-order valence-corrected chi connectivity index (χ4v) is 2.22. The van der Waals surface area contributed by atoms with Gasteiger partial charge in [0, 0.05) is 18.2 Å². The molecular formula is C19H23NO4. The summed E-state index contributed by atoms with van der Waals surface area (Å²) in [6.07, 6.45) is 0.110. The molecule has 5 nitrogen and oxygen atoms in total. The molecule has 24 heavy (non-hydrogen) atoms. The van der Waals surface area contributed by atoms with Crippen LogP contribution in [0.25, 0.3) is 0 Å². The van der Waals surface area contributed by atoms with Crippen molar-refractivity contribution in [3.05, 3.63) is 53.6 Å². The maximum atomic E-state index is 12.4. The summed E-state index contributed by atoms with van der Waals surface area (Å²) in [5, 5.41) is 2.89. The van der Waals surface area contributed by atoms with Gasteiger partial charge in [0.15, 0.2) is 0 Å². The molecule has 0 atom stereocenters. The maximum absolute atomic E-state index is 12.4. The van der Waals surface area contributed by atoms with E-state index in [-0.39, 0.29) is 12.0 Å². The van der Waals surface area contributed by atoms with Gasteiger partial charge in [0.25, 0.3) is 5.91 Å². The number of rotatable bonds is 7. The highest BCUT2D eigenvalue weighted by Gasteiger charge is 2.10. The van der Waals surface area contributed by atoms with Gasteiger partial charge in [-0.15, -0.1) is 0 Å². The second-order valence-electron chi connectivity index (χ2n) is 5.60. The Morgan fingerprint density at radius 3 is 2.25 bits per heavy atom. The SMILES string of the molecule is COc1cc(OC)cc(C(=O)NCc2cccc(OC(C)C)c2)c1. The Hall–Kier alpha value is -2.69. The molecule has 0 aliphatic rings. The van der Waals surface area contributed by atoms with Crippen LogP contribution in [-0.4, -0.2) is 26.2 Å². The monoisotopic (exact) mass is 329 g/mol. The minimum Gasteiger partial charge on any atom is -0.497 e. The van der Waals surface area contributed by atoms with Crippen molar-refractivity contribution in [1.29, 1.82) is 0 Å². The number of methoxy groups -OCH3 is 2. The number of ether oxygens (including phenoxy) is 3. The zero-order chi connectivity index (χ0) is 17.5. The first-order valence-corrected chi connectivity index (χ1v) is 7.78. The highest BCUT2D eigenvalue weighted by molar-refractivity contribution is 5.95. The molecule has 2 aromatic rings. The molecule has 2 aromatic carbocycles. The topological polar surface area (TPSA) is 56.8 Å². The second-order valence-corrected chi connectivity index (χ2v) is 5.60. The molecule has 0 saturated heterocycles. The van der Waals surface area contributed by atoms with Crippen molar-refractivity contribution in [2.45, 2.75) is 26.5 Å². The van der Waals surface area contributed by atoms with Crippen LogP contribution < -0.4 is 19.5 Å². The van der Waals surface area contributed by atoms with Crippen molar-refractivity contribution in [3.63, 3.8) is 0 Å². The van der Waals surface area contributed by atoms with Crippen LogP contribution in [0.15, 0.2) is 42.5 Å². The highest BCUT2D eigenvalue weighted by atomic mass is 16.5. The van der Waals surface area contributed by atoms with Gasteiger partial charge in [0.05, 0.1) is 20.3 Å². The van der Waals surface area contributed by atoms with Crippen LogP contribution in [0.2, 0.25) is 0 Å². The molecule has 0 aliphatic carbocycles. The summed E-state index contributed by atoms with van der Waals surface area (Å²) in [6, 6.07) is 12.8. The van der Waals surface area contributed by atoms with Gasteiger partial charge in [-0.1, -0.05) is 12.1 Å². The van der Waals surface area contributed by atoms with Crippen molar-refractivity contribution in [1.82, 2.24) is 5.32 Å². The van der Waals surface area contributed by atoms with Crippen LogP contribution in [0.1, 0.15) is 29.8 Å². The van der Waals surface area contributed by atoms with E-state index in [9.17, 15) is 4.79 Å². The van der Waals surface area contributed by atoms with Gasteiger partial charge in [-0.2, -0.15) is 0 Å². The second kappa shape index (κ2) is 8.24. The molecule has 0 fully saturated rings. The zero-order valence-electron chi connectivity index (χ0n) is 14.5. The van der Waals surface area contributed by atoms with E-state index in [1.165, 1.54) is 0 Å². The predicted molar refractivity (Wildman–Crippen MR) is 92.9 cm³/mol. The molecule has 5 heteroatoms. The van der Waals surface area contributed by atoms with E-state index in [1.807, 2.05) is 38.1 Å². The predicted octanol–water partition coefficient (Wildman–Crippen LogP) is 3.42. The first-order chi connectivity index (χ1) is 11.5. The molecule has 0 aliphatic heterocycles. The molecule has 0 spiro atoms. The minimum atomic E-state index is -0.192. The molecule has 0 radical (unpaired) electrons. The summed E-state index contributed by atoms with van der Waals surface area (Å²) >= 11 is 0. The number of carbonyl (C=O) groups is 1. The Kier molecular flexibility index (Phi) is 6.07. The molecule has 128 valence electrons. The molecular weight excluding hydrogens is 306 g/mol. The minimum absolute atomic E-state index is 0.110. The van der Waals surface area contributed by atoms with E-state index < -0.39 is 0 Å². The van der Waals surface area contributed by atoms with Crippen LogP contribution in [-0.2, 0) is 6.54 Å². The summed E-state index contributed by atoms with van der Waals surface area (Å²) in [7, 11) is 3.10. The lowest BCUT2D eigenvalue weighted by Crippen LogP contribution is -2.22. The Morgan fingerprint density at radius 1 is 1.00 bits per heavy atom. The molecule has 0 aromatic heterocycles. The normalized spacial score (nSPS) is 10.4. The van der Waals surface area contributed by atoms with Gasteiger partial charge in [0.1, 0.15) is 17.2 Å². The van der Waals surface area contributed by atoms with E-state index in [2.05, 4.69) is 5.32 Å². The quantitative estimate of drug-likeness (QED) is 0.845. The Labute approximate surface area is 142 Å². The molecule has 0 bridgehead atoms. The van der Waals surface area contributed by atoms with Crippen LogP contribution in [0.5, 0.6) is 17.2 Å². The smallest absolute Gasteiger partial charge is 0.251 e. The average Bonchev–Trinajstić information content (AvgIpc) is 2.58. The number of amides is 1. The van der Waals surface area contributed by atoms with E-state index >= 15 is 0 Å². The summed E-state index contributed by atoms with van der Waals surface area (Å²) < 4.78 is 16.0. The third-order valence-electron chi connectivity index (χ3n) is 3.34. The Morgan fingerprint density at radius 2 is 1.67 bits per heavy atom. The summed E-state index contributed by atoms with van der Waals surface area (Å²) in [4.78, 5) is 12.4. The van der Waals surface area contributed by atoms with Crippen LogP contribution >= 0.6 is 0 Å². The van der Waals surface area contributed by atoms with Gasteiger partial charge < -0.3 is 19.5 Å². The third-order valence-corrected chi connectivity index (χ3v) is 3.34. The van der Waals surface area contributed by atoms with Gasteiger partial charge in [-0.25, -0.2) is 0 Å². The van der Waals surface area contributed by atoms with E-state index in [0.717, 1.165) is 11.3 Å². The van der Waals surface area contributed by atoms with Crippen molar-refractivity contribution in [3.8, 4) is 17.2 Å². The van der Waals surface area contributed by atoms with Crippen LogP contribution in [0.3, 0.4) is 0 Å². The lowest BCUT2D eigenvalue weighted by Gasteiger charge is -2.12. The molecule has 2 rings (SSSR count). The van der Waals surface area contributed by atoms with Crippen molar-refractivity contribution in [2.75, 3.05) is 14.2 Å². The van der Waals surface area contributed by atoms with Gasteiger partial charge >= 0.3 is 0 Å². The maximum Gasteiger partial charge on any atom is 0.251 e. The first kappa shape index (κ1) is 17.7. The molecule has 1 amide bonds.